The summed E-state index contributed by atoms with van der Waals surface area (Å²) >= 11 is 0. The van der Waals surface area contributed by atoms with Crippen molar-refractivity contribution in [3.8, 4) is 22.5 Å². The maximum absolute atomic E-state index is 12.9. The van der Waals surface area contributed by atoms with Crippen molar-refractivity contribution in [2.75, 3.05) is 6.54 Å². The maximum Gasteiger partial charge on any atom is 0.407 e. The van der Waals surface area contributed by atoms with Crippen molar-refractivity contribution >= 4 is 23.0 Å². The van der Waals surface area contributed by atoms with Crippen LogP contribution in [0.25, 0.3) is 33.5 Å². The first-order valence-electron chi connectivity index (χ1n) is 13.9. The molecule has 0 aliphatic rings. The Bertz CT molecular complexity index is 1680. The molecule has 0 aliphatic carbocycles. The van der Waals surface area contributed by atoms with Gasteiger partial charge in [-0.2, -0.15) is 0 Å². The number of nitrogens with zero attached hydrogens (tertiary/aromatic N) is 3. The van der Waals surface area contributed by atoms with Crippen LogP contribution in [-0.2, 0) is 17.7 Å². The largest absolute Gasteiger partial charge is 0.444 e. The summed E-state index contributed by atoms with van der Waals surface area (Å²) in [7, 11) is 0. The summed E-state index contributed by atoms with van der Waals surface area (Å²) in [6.45, 7) is 6.33. The number of rotatable bonds is 8. The van der Waals surface area contributed by atoms with Crippen LogP contribution in [0.15, 0.2) is 97.3 Å². The highest BCUT2D eigenvalue weighted by Crippen LogP contribution is 2.31. The maximum atomic E-state index is 12.9. The Hall–Kier alpha value is -5.11. The molecule has 0 saturated carbocycles. The van der Waals surface area contributed by atoms with Gasteiger partial charge in [0.2, 0.25) is 0 Å². The molecule has 2 aromatic heterocycles. The van der Waals surface area contributed by atoms with Crippen LogP contribution < -0.4 is 10.6 Å². The Morgan fingerprint density at radius 2 is 1.48 bits per heavy atom. The molecule has 2 N–H and O–H groups in total. The van der Waals surface area contributed by atoms with Crippen LogP contribution in [0.4, 0.5) is 4.79 Å². The second-order valence-corrected chi connectivity index (χ2v) is 10.9. The van der Waals surface area contributed by atoms with Crippen LogP contribution in [0.3, 0.4) is 0 Å². The molecule has 0 aliphatic heterocycles. The van der Waals surface area contributed by atoms with Crippen molar-refractivity contribution in [2.24, 2.45) is 0 Å². The third-order valence-corrected chi connectivity index (χ3v) is 6.46. The van der Waals surface area contributed by atoms with E-state index in [2.05, 4.69) is 15.6 Å². The molecule has 0 fully saturated rings. The second kappa shape index (κ2) is 12.6. The highest BCUT2D eigenvalue weighted by atomic mass is 16.6. The number of nitrogens with one attached hydrogen (secondary N) is 2. The summed E-state index contributed by atoms with van der Waals surface area (Å²) in [5, 5.41) is 5.77. The Kier molecular flexibility index (Phi) is 8.52. The van der Waals surface area contributed by atoms with E-state index in [1.54, 1.807) is 24.5 Å². The Morgan fingerprint density at radius 3 is 2.17 bits per heavy atom. The van der Waals surface area contributed by atoms with Crippen molar-refractivity contribution in [1.82, 2.24) is 25.6 Å². The van der Waals surface area contributed by atoms with Gasteiger partial charge in [0.1, 0.15) is 5.60 Å². The van der Waals surface area contributed by atoms with Crippen molar-refractivity contribution in [1.29, 1.82) is 0 Å². The van der Waals surface area contributed by atoms with E-state index in [1.165, 1.54) is 0 Å². The average Bonchev–Trinajstić information content (AvgIpc) is 2.99. The Labute approximate surface area is 245 Å². The molecule has 5 aromatic rings. The molecule has 2 heterocycles. The van der Waals surface area contributed by atoms with Crippen molar-refractivity contribution in [3.05, 3.63) is 114 Å². The van der Waals surface area contributed by atoms with Crippen LogP contribution in [0.2, 0.25) is 0 Å². The van der Waals surface area contributed by atoms with Gasteiger partial charge < -0.3 is 15.4 Å². The van der Waals surface area contributed by atoms with E-state index in [0.717, 1.165) is 27.9 Å². The zero-order chi connectivity index (χ0) is 29.5. The molecule has 212 valence electrons. The molecule has 5 rings (SSSR count). The predicted octanol–water partition coefficient (Wildman–Crippen LogP) is 6.36. The topological polar surface area (TPSA) is 106 Å². The Morgan fingerprint density at radius 1 is 0.762 bits per heavy atom. The van der Waals surface area contributed by atoms with Crippen LogP contribution in [-0.4, -0.2) is 39.1 Å². The molecule has 2 amide bonds. The summed E-state index contributed by atoms with van der Waals surface area (Å²) in [4.78, 5) is 39.1. The zero-order valence-electron chi connectivity index (χ0n) is 23.9. The van der Waals surface area contributed by atoms with E-state index in [0.29, 0.717) is 41.8 Å². The molecule has 0 spiro atoms. The van der Waals surface area contributed by atoms with Crippen molar-refractivity contribution < 1.29 is 14.3 Å². The highest BCUT2D eigenvalue weighted by molar-refractivity contribution is 5.98. The van der Waals surface area contributed by atoms with Gasteiger partial charge in [-0.15, -0.1) is 0 Å². The minimum absolute atomic E-state index is 0.168. The number of hydrogen-bond donors (Lipinski definition) is 2. The number of aromatic nitrogens is 3. The molecule has 0 atom stereocenters. The molecule has 0 radical (unpaired) electrons. The van der Waals surface area contributed by atoms with Gasteiger partial charge >= 0.3 is 6.09 Å². The van der Waals surface area contributed by atoms with E-state index in [-0.39, 0.29) is 5.91 Å². The first-order valence-corrected chi connectivity index (χ1v) is 13.9. The fourth-order valence-corrected chi connectivity index (χ4v) is 4.43. The SMILES string of the molecule is CC(C)(C)OC(=O)NCc1ccc(-c2nc3cc(C(=O)NCCc4cccnc4)ccc3nc2-c2ccccc2)cc1. The standard InChI is InChI=1S/C34H33N5O3/c1-34(2,3)42-33(41)37-22-24-11-13-26(14-12-24)31-30(25-9-5-4-6-10-25)38-28-16-15-27(20-29(28)39-31)32(40)36-19-17-23-8-7-18-35-21-23/h4-16,18,20-21H,17,19,22H2,1-3H3,(H,36,40)(H,37,41). The van der Waals surface area contributed by atoms with E-state index < -0.39 is 11.7 Å². The van der Waals surface area contributed by atoms with Crippen LogP contribution in [0.1, 0.15) is 42.3 Å². The van der Waals surface area contributed by atoms with E-state index in [1.807, 2.05) is 93.6 Å². The van der Waals surface area contributed by atoms with Gasteiger partial charge in [-0.25, -0.2) is 14.8 Å². The quantitative estimate of drug-likeness (QED) is 0.229. The predicted molar refractivity (Wildman–Crippen MR) is 164 cm³/mol. The number of carbonyl (C=O) groups excluding carboxylic acids is 2. The molecular weight excluding hydrogens is 526 g/mol. The van der Waals surface area contributed by atoms with Gasteiger partial charge in [0.15, 0.2) is 0 Å². The molecular formula is C34H33N5O3. The minimum Gasteiger partial charge on any atom is -0.444 e. The van der Waals surface area contributed by atoms with Crippen molar-refractivity contribution in [2.45, 2.75) is 39.3 Å². The smallest absolute Gasteiger partial charge is 0.407 e. The lowest BCUT2D eigenvalue weighted by Gasteiger charge is -2.19. The molecule has 8 heteroatoms. The van der Waals surface area contributed by atoms with Gasteiger partial charge in [-0.05, 0) is 62.6 Å². The number of ether oxygens (including phenoxy) is 1. The Balaban J connectivity index is 1.39. The summed E-state index contributed by atoms with van der Waals surface area (Å²) in [5.41, 5.74) is 6.53. The first kappa shape index (κ1) is 28.4. The van der Waals surface area contributed by atoms with Gasteiger partial charge in [-0.3, -0.25) is 9.78 Å². The lowest BCUT2D eigenvalue weighted by atomic mass is 10.0. The lowest BCUT2D eigenvalue weighted by Crippen LogP contribution is -2.32. The average molecular weight is 560 g/mol. The van der Waals surface area contributed by atoms with Gasteiger partial charge in [0.25, 0.3) is 5.91 Å². The molecule has 0 unspecified atom stereocenters. The fraction of sp³-hybridized carbons (Fsp3) is 0.206. The van der Waals surface area contributed by atoms with Gasteiger partial charge in [-0.1, -0.05) is 60.7 Å². The molecule has 0 saturated heterocycles. The number of hydrogen-bond acceptors (Lipinski definition) is 6. The van der Waals surface area contributed by atoms with Crippen LogP contribution in [0.5, 0.6) is 0 Å². The van der Waals surface area contributed by atoms with Crippen LogP contribution in [0, 0.1) is 0 Å². The number of pyridine rings is 1. The fourth-order valence-electron chi connectivity index (χ4n) is 4.43. The number of alkyl carbamates (subject to hydrolysis) is 1. The monoisotopic (exact) mass is 559 g/mol. The minimum atomic E-state index is -0.559. The number of amides is 2. The second-order valence-electron chi connectivity index (χ2n) is 10.9. The lowest BCUT2D eigenvalue weighted by molar-refractivity contribution is 0.0523. The zero-order valence-corrected chi connectivity index (χ0v) is 23.9. The highest BCUT2D eigenvalue weighted by Gasteiger charge is 2.17. The van der Waals surface area contributed by atoms with Gasteiger partial charge in [0.05, 0.1) is 22.4 Å². The summed E-state index contributed by atoms with van der Waals surface area (Å²) in [6.07, 6.45) is 3.76. The third-order valence-electron chi connectivity index (χ3n) is 6.46. The molecule has 3 aromatic carbocycles. The van der Waals surface area contributed by atoms with E-state index >= 15 is 0 Å². The van der Waals surface area contributed by atoms with Crippen LogP contribution >= 0.6 is 0 Å². The number of fused-ring (bicyclic) bond motifs is 1. The van der Waals surface area contributed by atoms with E-state index in [4.69, 9.17) is 14.7 Å². The summed E-state index contributed by atoms with van der Waals surface area (Å²) in [5.74, 6) is -0.168. The van der Waals surface area contributed by atoms with E-state index in [9.17, 15) is 9.59 Å². The van der Waals surface area contributed by atoms with Crippen molar-refractivity contribution in [3.63, 3.8) is 0 Å². The van der Waals surface area contributed by atoms with Gasteiger partial charge in [0, 0.05) is 42.2 Å². The number of carbonyl (C=O) groups is 2. The normalized spacial score (nSPS) is 11.2. The summed E-state index contributed by atoms with van der Waals surface area (Å²) in [6, 6.07) is 27.0. The summed E-state index contributed by atoms with van der Waals surface area (Å²) < 4.78 is 5.33. The third kappa shape index (κ3) is 7.34. The molecule has 8 nitrogen and oxygen atoms in total. The number of benzene rings is 3. The molecule has 0 bridgehead atoms. The molecule has 42 heavy (non-hydrogen) atoms. The first-order chi connectivity index (χ1) is 20.2.